The van der Waals surface area contributed by atoms with Gasteiger partial charge in [0.2, 0.25) is 0 Å². The van der Waals surface area contributed by atoms with Crippen molar-refractivity contribution >= 4 is 5.91 Å². The molecule has 0 aliphatic carbocycles. The number of rotatable bonds is 2. The van der Waals surface area contributed by atoms with E-state index in [9.17, 15) is 4.79 Å². The number of aromatic nitrogens is 1. The van der Waals surface area contributed by atoms with Gasteiger partial charge in [0, 0.05) is 24.8 Å². The van der Waals surface area contributed by atoms with Crippen LogP contribution in [-0.4, -0.2) is 35.4 Å². The molecule has 1 unspecified atom stereocenters. The van der Waals surface area contributed by atoms with Crippen LogP contribution in [0.1, 0.15) is 42.2 Å². The van der Waals surface area contributed by atoms with Gasteiger partial charge in [-0.1, -0.05) is 25.2 Å². The van der Waals surface area contributed by atoms with Crippen molar-refractivity contribution in [2.75, 3.05) is 19.6 Å². The lowest BCUT2D eigenvalue weighted by Gasteiger charge is -2.32. The SMILES string of the molecule is CCC1CCCN(C(=O)c2ccc(C#CCN)cn2)C1. The number of carbonyl (C=O) groups excluding carboxylic acids is 1. The van der Waals surface area contributed by atoms with E-state index in [1.165, 1.54) is 6.42 Å². The fraction of sp³-hybridized carbons (Fsp3) is 0.500. The first-order chi connectivity index (χ1) is 9.74. The highest BCUT2D eigenvalue weighted by Gasteiger charge is 2.23. The zero-order valence-electron chi connectivity index (χ0n) is 11.9. The molecule has 0 aromatic carbocycles. The fourth-order valence-corrected chi connectivity index (χ4v) is 2.49. The molecule has 4 nitrogen and oxygen atoms in total. The van der Waals surface area contributed by atoms with E-state index < -0.39 is 0 Å². The highest BCUT2D eigenvalue weighted by atomic mass is 16.2. The topological polar surface area (TPSA) is 59.2 Å². The minimum Gasteiger partial charge on any atom is -0.337 e. The molecule has 4 heteroatoms. The van der Waals surface area contributed by atoms with Crippen LogP contribution in [0.3, 0.4) is 0 Å². The summed E-state index contributed by atoms with van der Waals surface area (Å²) in [5.41, 5.74) is 6.61. The molecule has 1 amide bonds. The van der Waals surface area contributed by atoms with Crippen LogP contribution in [0.25, 0.3) is 0 Å². The zero-order chi connectivity index (χ0) is 14.4. The molecule has 2 rings (SSSR count). The molecule has 1 aromatic rings. The summed E-state index contributed by atoms with van der Waals surface area (Å²) in [6.07, 6.45) is 5.08. The number of hydrogen-bond donors (Lipinski definition) is 1. The Kier molecular flexibility index (Phi) is 5.14. The second-order valence-corrected chi connectivity index (χ2v) is 5.11. The summed E-state index contributed by atoms with van der Waals surface area (Å²) in [5.74, 6) is 6.33. The van der Waals surface area contributed by atoms with Gasteiger partial charge in [-0.05, 0) is 30.9 Å². The van der Waals surface area contributed by atoms with Gasteiger partial charge < -0.3 is 10.6 Å². The zero-order valence-corrected chi connectivity index (χ0v) is 11.9. The van der Waals surface area contributed by atoms with E-state index in [1.54, 1.807) is 12.3 Å². The number of likely N-dealkylation sites (tertiary alicyclic amines) is 1. The van der Waals surface area contributed by atoms with Crippen LogP contribution in [0.2, 0.25) is 0 Å². The van der Waals surface area contributed by atoms with E-state index >= 15 is 0 Å². The van der Waals surface area contributed by atoms with Gasteiger partial charge in [0.25, 0.3) is 5.91 Å². The van der Waals surface area contributed by atoms with Crippen molar-refractivity contribution in [1.29, 1.82) is 0 Å². The van der Waals surface area contributed by atoms with Crippen molar-refractivity contribution in [3.05, 3.63) is 29.6 Å². The van der Waals surface area contributed by atoms with Gasteiger partial charge in [0.15, 0.2) is 0 Å². The van der Waals surface area contributed by atoms with Gasteiger partial charge in [0.1, 0.15) is 5.69 Å². The smallest absolute Gasteiger partial charge is 0.272 e. The molecule has 20 heavy (non-hydrogen) atoms. The Labute approximate surface area is 120 Å². The highest BCUT2D eigenvalue weighted by molar-refractivity contribution is 5.92. The second-order valence-electron chi connectivity index (χ2n) is 5.11. The summed E-state index contributed by atoms with van der Waals surface area (Å²) < 4.78 is 0. The van der Waals surface area contributed by atoms with Crippen LogP contribution in [0.15, 0.2) is 18.3 Å². The third-order valence-electron chi connectivity index (χ3n) is 3.70. The molecule has 0 radical (unpaired) electrons. The summed E-state index contributed by atoms with van der Waals surface area (Å²) in [7, 11) is 0. The number of piperidine rings is 1. The Balaban J connectivity index is 2.05. The maximum absolute atomic E-state index is 12.4. The average Bonchev–Trinajstić information content (AvgIpc) is 2.52. The molecular weight excluding hydrogens is 250 g/mol. The number of nitrogens with zero attached hydrogens (tertiary/aromatic N) is 2. The molecule has 1 aromatic heterocycles. The summed E-state index contributed by atoms with van der Waals surface area (Å²) >= 11 is 0. The van der Waals surface area contributed by atoms with E-state index in [2.05, 4.69) is 23.7 Å². The maximum atomic E-state index is 12.4. The third kappa shape index (κ3) is 3.58. The average molecular weight is 271 g/mol. The molecule has 2 N–H and O–H groups in total. The monoisotopic (exact) mass is 271 g/mol. The summed E-state index contributed by atoms with van der Waals surface area (Å²) in [5, 5.41) is 0. The Morgan fingerprint density at radius 2 is 2.40 bits per heavy atom. The van der Waals surface area contributed by atoms with Gasteiger partial charge in [0.05, 0.1) is 6.54 Å². The van der Waals surface area contributed by atoms with Crippen molar-refractivity contribution in [1.82, 2.24) is 9.88 Å². The van der Waals surface area contributed by atoms with E-state index in [4.69, 9.17) is 5.73 Å². The van der Waals surface area contributed by atoms with Crippen LogP contribution in [0, 0.1) is 17.8 Å². The number of carbonyl (C=O) groups is 1. The van der Waals surface area contributed by atoms with E-state index in [-0.39, 0.29) is 5.91 Å². The Hall–Kier alpha value is -1.86. The lowest BCUT2D eigenvalue weighted by molar-refractivity contribution is 0.0665. The van der Waals surface area contributed by atoms with Crippen LogP contribution >= 0.6 is 0 Å². The molecule has 0 spiro atoms. The van der Waals surface area contributed by atoms with E-state index in [0.29, 0.717) is 18.2 Å². The highest BCUT2D eigenvalue weighted by Crippen LogP contribution is 2.20. The molecule has 2 heterocycles. The second kappa shape index (κ2) is 7.06. The molecule has 1 aliphatic rings. The lowest BCUT2D eigenvalue weighted by atomic mass is 9.95. The minimum absolute atomic E-state index is 0.0292. The Morgan fingerprint density at radius 1 is 1.55 bits per heavy atom. The largest absolute Gasteiger partial charge is 0.337 e. The van der Waals surface area contributed by atoms with Gasteiger partial charge in [-0.15, -0.1) is 0 Å². The number of amides is 1. The number of hydrogen-bond acceptors (Lipinski definition) is 3. The molecule has 1 fully saturated rings. The van der Waals surface area contributed by atoms with E-state index in [0.717, 1.165) is 31.5 Å². The van der Waals surface area contributed by atoms with Gasteiger partial charge in [-0.3, -0.25) is 4.79 Å². The quantitative estimate of drug-likeness (QED) is 0.832. The minimum atomic E-state index is 0.0292. The van der Waals surface area contributed by atoms with Crippen LogP contribution in [-0.2, 0) is 0 Å². The standard InChI is InChI=1S/C16H21N3O/c1-2-13-6-4-10-19(12-13)16(20)15-8-7-14(11-18-15)5-3-9-17/h7-8,11,13H,2,4,6,9-10,12,17H2,1H3. The van der Waals surface area contributed by atoms with Gasteiger partial charge in [-0.25, -0.2) is 4.98 Å². The maximum Gasteiger partial charge on any atom is 0.272 e. The first-order valence-corrected chi connectivity index (χ1v) is 7.19. The molecule has 1 aliphatic heterocycles. The van der Waals surface area contributed by atoms with Gasteiger partial charge in [-0.2, -0.15) is 0 Å². The molecule has 106 valence electrons. The third-order valence-corrected chi connectivity index (χ3v) is 3.70. The summed E-state index contributed by atoms with van der Waals surface area (Å²) in [6, 6.07) is 3.57. The van der Waals surface area contributed by atoms with Gasteiger partial charge >= 0.3 is 0 Å². The van der Waals surface area contributed by atoms with Crippen molar-refractivity contribution in [3.63, 3.8) is 0 Å². The van der Waals surface area contributed by atoms with Crippen LogP contribution in [0.4, 0.5) is 0 Å². The van der Waals surface area contributed by atoms with Crippen molar-refractivity contribution in [2.24, 2.45) is 11.7 Å². The molecular formula is C16H21N3O. The summed E-state index contributed by atoms with van der Waals surface area (Å²) in [6.45, 7) is 4.20. The predicted octanol–water partition coefficient (Wildman–Crippen LogP) is 1.65. The van der Waals surface area contributed by atoms with Crippen molar-refractivity contribution in [3.8, 4) is 11.8 Å². The normalized spacial score (nSPS) is 18.3. The summed E-state index contributed by atoms with van der Waals surface area (Å²) in [4.78, 5) is 18.5. The van der Waals surface area contributed by atoms with Crippen molar-refractivity contribution in [2.45, 2.75) is 26.2 Å². The Bertz CT molecular complexity index is 513. The molecule has 0 saturated carbocycles. The number of nitrogens with two attached hydrogens (primary N) is 1. The molecule has 0 bridgehead atoms. The Morgan fingerprint density at radius 3 is 3.05 bits per heavy atom. The van der Waals surface area contributed by atoms with Crippen LogP contribution in [0.5, 0.6) is 0 Å². The first kappa shape index (κ1) is 14.5. The first-order valence-electron chi connectivity index (χ1n) is 7.19. The fourth-order valence-electron chi connectivity index (χ4n) is 2.49. The number of pyridine rings is 1. The van der Waals surface area contributed by atoms with E-state index in [1.807, 2.05) is 11.0 Å². The predicted molar refractivity (Wildman–Crippen MR) is 79.1 cm³/mol. The van der Waals surface area contributed by atoms with Crippen LogP contribution < -0.4 is 5.73 Å². The van der Waals surface area contributed by atoms with Crippen molar-refractivity contribution < 1.29 is 4.79 Å². The molecule has 1 saturated heterocycles. The molecule has 1 atom stereocenters. The lowest BCUT2D eigenvalue weighted by Crippen LogP contribution is -2.40.